The summed E-state index contributed by atoms with van der Waals surface area (Å²) in [6, 6.07) is 10.7. The monoisotopic (exact) mass is 424 g/mol. The highest BCUT2D eigenvalue weighted by molar-refractivity contribution is 5.96. The second-order valence-corrected chi connectivity index (χ2v) is 7.07. The number of carboxylic acid groups (broad SMARTS) is 1. The molecular weight excluding hydrogens is 400 g/mol. The molecule has 1 atom stereocenters. The number of nitrogens with one attached hydrogen (secondary N) is 2. The van der Waals surface area contributed by atoms with E-state index in [2.05, 4.69) is 15.3 Å². The van der Waals surface area contributed by atoms with Gasteiger partial charge in [-0.3, -0.25) is 9.59 Å². The number of ether oxygens (including phenoxy) is 1. The van der Waals surface area contributed by atoms with Crippen LogP contribution < -0.4 is 10.2 Å². The van der Waals surface area contributed by atoms with Crippen LogP contribution in [0.5, 0.6) is 0 Å². The predicted molar refractivity (Wildman–Crippen MR) is 115 cm³/mol. The summed E-state index contributed by atoms with van der Waals surface area (Å²) in [7, 11) is 3.27. The van der Waals surface area contributed by atoms with Gasteiger partial charge in [-0.2, -0.15) is 0 Å². The summed E-state index contributed by atoms with van der Waals surface area (Å²) < 4.78 is 4.91. The first-order valence-electron chi connectivity index (χ1n) is 9.71. The molecule has 1 aromatic carbocycles. The number of benzene rings is 1. The Balaban J connectivity index is 0.000000858. The number of rotatable bonds is 5. The first-order chi connectivity index (χ1) is 15.0. The van der Waals surface area contributed by atoms with Crippen LogP contribution in [0.3, 0.4) is 0 Å². The normalized spacial score (nSPS) is 13.0. The van der Waals surface area contributed by atoms with Gasteiger partial charge in [0.1, 0.15) is 17.6 Å². The number of anilines is 1. The molecule has 9 heteroatoms. The van der Waals surface area contributed by atoms with Crippen molar-refractivity contribution in [3.8, 4) is 0 Å². The molecular formula is C22H24N4O5. The van der Waals surface area contributed by atoms with E-state index in [0.717, 1.165) is 40.8 Å². The molecule has 0 spiro atoms. The molecule has 2 aromatic heterocycles. The lowest BCUT2D eigenvalue weighted by molar-refractivity contribution is -0.142. The van der Waals surface area contributed by atoms with Crippen LogP contribution in [0.25, 0.3) is 10.9 Å². The first kappa shape index (κ1) is 21.8. The summed E-state index contributed by atoms with van der Waals surface area (Å²) in [6.45, 7) is 0.638. The van der Waals surface area contributed by atoms with E-state index in [4.69, 9.17) is 14.6 Å². The molecule has 0 saturated carbocycles. The van der Waals surface area contributed by atoms with Gasteiger partial charge in [0.05, 0.1) is 7.11 Å². The molecule has 3 heterocycles. The summed E-state index contributed by atoms with van der Waals surface area (Å²) in [5, 5.41) is 10.7. The second kappa shape index (κ2) is 9.75. The Kier molecular flexibility index (Phi) is 6.86. The molecule has 0 saturated heterocycles. The third-order valence-corrected chi connectivity index (χ3v) is 5.16. The Hall–Kier alpha value is -3.88. The van der Waals surface area contributed by atoms with Crippen LogP contribution in [0.4, 0.5) is 5.82 Å². The van der Waals surface area contributed by atoms with Crippen molar-refractivity contribution in [3.63, 3.8) is 0 Å². The summed E-state index contributed by atoms with van der Waals surface area (Å²) >= 11 is 0. The Morgan fingerprint density at radius 1 is 1.32 bits per heavy atom. The maximum absolute atomic E-state index is 12.8. The largest absolute Gasteiger partial charge is 0.483 e. The number of para-hydroxylation sites is 1. The molecule has 162 valence electrons. The van der Waals surface area contributed by atoms with Gasteiger partial charge in [-0.15, -0.1) is 0 Å². The number of methoxy groups -OCH3 is 1. The Bertz CT molecular complexity index is 1090. The number of pyridine rings is 1. The quantitative estimate of drug-likeness (QED) is 0.421. The maximum Gasteiger partial charge on any atom is 0.328 e. The van der Waals surface area contributed by atoms with E-state index in [1.165, 1.54) is 7.11 Å². The minimum absolute atomic E-state index is 0.250. The number of H-pyrrole nitrogens is 1. The topological polar surface area (TPSA) is 125 Å². The highest BCUT2D eigenvalue weighted by Gasteiger charge is 2.26. The predicted octanol–water partition coefficient (Wildman–Crippen LogP) is 1.77. The number of hydrogen-bond acceptors (Lipinski definition) is 6. The molecule has 1 aliphatic heterocycles. The fraction of sp³-hybridized carbons (Fsp3) is 0.273. The Morgan fingerprint density at radius 3 is 2.81 bits per heavy atom. The van der Waals surface area contributed by atoms with E-state index in [1.54, 1.807) is 6.07 Å². The molecule has 0 aliphatic carbocycles. The molecule has 3 N–H and O–H groups in total. The van der Waals surface area contributed by atoms with Crippen LogP contribution in [0.2, 0.25) is 0 Å². The van der Waals surface area contributed by atoms with E-state index in [1.807, 2.05) is 48.5 Å². The smallest absolute Gasteiger partial charge is 0.328 e. The van der Waals surface area contributed by atoms with Gasteiger partial charge >= 0.3 is 5.97 Å². The van der Waals surface area contributed by atoms with Gasteiger partial charge in [-0.25, -0.2) is 9.78 Å². The number of esters is 1. The van der Waals surface area contributed by atoms with Gasteiger partial charge in [0.25, 0.3) is 12.4 Å². The van der Waals surface area contributed by atoms with Gasteiger partial charge in [-0.1, -0.05) is 24.3 Å². The van der Waals surface area contributed by atoms with Crippen molar-refractivity contribution in [2.24, 2.45) is 0 Å². The van der Waals surface area contributed by atoms with E-state index >= 15 is 0 Å². The van der Waals surface area contributed by atoms with Gasteiger partial charge < -0.3 is 25.0 Å². The van der Waals surface area contributed by atoms with E-state index in [-0.39, 0.29) is 6.47 Å². The van der Waals surface area contributed by atoms with Gasteiger partial charge in [0.2, 0.25) is 0 Å². The number of carbonyl (C=O) groups excluding carboxylic acids is 2. The van der Waals surface area contributed by atoms with Gasteiger partial charge in [0, 0.05) is 37.1 Å². The van der Waals surface area contributed by atoms with Crippen molar-refractivity contribution in [2.75, 3.05) is 25.6 Å². The van der Waals surface area contributed by atoms with Crippen molar-refractivity contribution >= 4 is 35.1 Å². The standard InChI is InChI=1S/C21H22N4O3.CH2O2/c1-25-10-9-13-7-8-17(23-19(13)25)20(26)24-18(21(27)28-2)11-14-12-22-16-6-4-3-5-15(14)16;2-1-3/h3-8,12,18,22H,9-11H2,1-2H3,(H,24,26);1H,(H,2,3)/t18-;/m0./s1. The Morgan fingerprint density at radius 2 is 2.06 bits per heavy atom. The third kappa shape index (κ3) is 4.82. The lowest BCUT2D eigenvalue weighted by atomic mass is 10.0. The first-order valence-corrected chi connectivity index (χ1v) is 9.71. The second-order valence-electron chi connectivity index (χ2n) is 7.07. The molecule has 3 aromatic rings. The molecule has 0 bridgehead atoms. The van der Waals surface area contributed by atoms with Crippen molar-refractivity contribution < 1.29 is 24.2 Å². The summed E-state index contributed by atoms with van der Waals surface area (Å²) in [4.78, 5) is 43.1. The molecule has 0 radical (unpaired) electrons. The summed E-state index contributed by atoms with van der Waals surface area (Å²) in [5.41, 5.74) is 3.34. The van der Waals surface area contributed by atoms with Crippen molar-refractivity contribution in [1.29, 1.82) is 0 Å². The molecule has 0 fully saturated rings. The van der Waals surface area contributed by atoms with E-state index in [0.29, 0.717) is 12.1 Å². The van der Waals surface area contributed by atoms with Crippen LogP contribution in [-0.4, -0.2) is 60.2 Å². The third-order valence-electron chi connectivity index (χ3n) is 5.16. The van der Waals surface area contributed by atoms with E-state index < -0.39 is 17.9 Å². The van der Waals surface area contributed by atoms with Crippen LogP contribution in [-0.2, 0) is 27.2 Å². The van der Waals surface area contributed by atoms with E-state index in [9.17, 15) is 9.59 Å². The highest BCUT2D eigenvalue weighted by atomic mass is 16.5. The number of nitrogens with zero attached hydrogens (tertiary/aromatic N) is 2. The SMILES string of the molecule is COC(=O)[C@H](Cc1c[nH]c2ccccc12)NC(=O)c1ccc2c(n1)N(C)CC2.O=CO. The zero-order valence-electron chi connectivity index (χ0n) is 17.3. The van der Waals surface area contributed by atoms with Gasteiger partial charge in [-0.05, 0) is 29.7 Å². The minimum Gasteiger partial charge on any atom is -0.483 e. The number of aromatic nitrogens is 2. The van der Waals surface area contributed by atoms with Crippen molar-refractivity contribution in [2.45, 2.75) is 18.9 Å². The molecule has 1 amide bonds. The summed E-state index contributed by atoms with van der Waals surface area (Å²) in [6.07, 6.45) is 3.11. The highest BCUT2D eigenvalue weighted by Crippen LogP contribution is 2.24. The molecule has 0 unspecified atom stereocenters. The fourth-order valence-corrected chi connectivity index (χ4v) is 3.61. The number of likely N-dealkylation sites (N-methyl/N-ethyl adjacent to an activating group) is 1. The van der Waals surface area contributed by atoms with Crippen molar-refractivity contribution in [3.05, 3.63) is 59.4 Å². The average Bonchev–Trinajstić information content (AvgIpc) is 3.36. The van der Waals surface area contributed by atoms with Crippen LogP contribution in [0, 0.1) is 0 Å². The average molecular weight is 424 g/mol. The lowest BCUT2D eigenvalue weighted by Crippen LogP contribution is -2.43. The molecule has 4 rings (SSSR count). The number of amides is 1. The van der Waals surface area contributed by atoms with Crippen LogP contribution in [0.15, 0.2) is 42.6 Å². The van der Waals surface area contributed by atoms with Crippen LogP contribution >= 0.6 is 0 Å². The summed E-state index contributed by atoms with van der Waals surface area (Å²) in [5.74, 6) is -0.0610. The Labute approximate surface area is 179 Å². The zero-order chi connectivity index (χ0) is 22.4. The zero-order valence-corrected chi connectivity index (χ0v) is 17.3. The van der Waals surface area contributed by atoms with Crippen molar-refractivity contribution in [1.82, 2.24) is 15.3 Å². The number of fused-ring (bicyclic) bond motifs is 2. The van der Waals surface area contributed by atoms with Crippen LogP contribution in [0.1, 0.15) is 21.6 Å². The molecule has 1 aliphatic rings. The fourth-order valence-electron chi connectivity index (χ4n) is 3.61. The number of hydrogen-bond donors (Lipinski definition) is 3. The molecule has 31 heavy (non-hydrogen) atoms. The molecule has 9 nitrogen and oxygen atoms in total. The maximum atomic E-state index is 12.8. The number of aromatic amines is 1. The number of carbonyl (C=O) groups is 3. The minimum atomic E-state index is -0.801. The van der Waals surface area contributed by atoms with Gasteiger partial charge in [0.15, 0.2) is 0 Å². The lowest BCUT2D eigenvalue weighted by Gasteiger charge is -2.17.